The molecule has 0 aromatic heterocycles. The van der Waals surface area contributed by atoms with Crippen molar-refractivity contribution >= 4 is 17.4 Å². The number of carbonyl (C=O) groups is 2. The van der Waals surface area contributed by atoms with Crippen LogP contribution in [0.2, 0.25) is 0 Å². The Morgan fingerprint density at radius 1 is 1.18 bits per heavy atom. The molecule has 0 aliphatic heterocycles. The SMILES string of the molecule is CC(=O)c1cc([N+](=O)[O-])c(OC(=O)c2ccccc2)cc1O. The number of carbonyl (C=O) groups excluding carboxylic acids is 2. The van der Waals surface area contributed by atoms with Crippen LogP contribution in [0.5, 0.6) is 11.5 Å². The van der Waals surface area contributed by atoms with Crippen molar-refractivity contribution in [2.45, 2.75) is 6.92 Å². The highest BCUT2D eigenvalue weighted by Gasteiger charge is 2.23. The number of phenols is 1. The lowest BCUT2D eigenvalue weighted by atomic mass is 10.1. The molecule has 0 aliphatic carbocycles. The highest BCUT2D eigenvalue weighted by Crippen LogP contribution is 2.34. The minimum Gasteiger partial charge on any atom is -0.507 e. The maximum Gasteiger partial charge on any atom is 0.343 e. The van der Waals surface area contributed by atoms with Crippen LogP contribution in [0.4, 0.5) is 5.69 Å². The molecule has 0 aliphatic rings. The van der Waals surface area contributed by atoms with Gasteiger partial charge in [0.1, 0.15) is 5.75 Å². The van der Waals surface area contributed by atoms with E-state index in [-0.39, 0.29) is 11.1 Å². The van der Waals surface area contributed by atoms with Gasteiger partial charge in [0.25, 0.3) is 0 Å². The van der Waals surface area contributed by atoms with Crippen molar-refractivity contribution in [1.82, 2.24) is 0 Å². The quantitative estimate of drug-likeness (QED) is 0.306. The molecule has 0 spiro atoms. The molecule has 2 rings (SSSR count). The lowest BCUT2D eigenvalue weighted by Gasteiger charge is -2.07. The number of aromatic hydroxyl groups is 1. The number of ketones is 1. The summed E-state index contributed by atoms with van der Waals surface area (Å²) in [6.07, 6.45) is 0. The minimum absolute atomic E-state index is 0.201. The van der Waals surface area contributed by atoms with E-state index in [2.05, 4.69) is 0 Å². The molecule has 0 amide bonds. The first-order chi connectivity index (χ1) is 10.4. The predicted octanol–water partition coefficient (Wildman–Crippen LogP) is 2.72. The van der Waals surface area contributed by atoms with Crippen LogP contribution in [0.1, 0.15) is 27.6 Å². The van der Waals surface area contributed by atoms with Crippen LogP contribution in [0, 0.1) is 10.1 Å². The van der Waals surface area contributed by atoms with Gasteiger partial charge in [-0.05, 0) is 19.1 Å². The van der Waals surface area contributed by atoms with Crippen molar-refractivity contribution < 1.29 is 24.4 Å². The van der Waals surface area contributed by atoms with Crippen LogP contribution >= 0.6 is 0 Å². The summed E-state index contributed by atoms with van der Waals surface area (Å²) in [5.41, 5.74) is -0.592. The summed E-state index contributed by atoms with van der Waals surface area (Å²) in [5, 5.41) is 20.8. The summed E-state index contributed by atoms with van der Waals surface area (Å²) < 4.78 is 4.96. The van der Waals surface area contributed by atoms with Crippen molar-refractivity contribution in [2.24, 2.45) is 0 Å². The smallest absolute Gasteiger partial charge is 0.343 e. The average molecular weight is 301 g/mol. The summed E-state index contributed by atoms with van der Waals surface area (Å²) in [6, 6.07) is 9.66. The molecule has 2 aromatic rings. The second-order valence-corrected chi connectivity index (χ2v) is 4.41. The van der Waals surface area contributed by atoms with Crippen LogP contribution in [-0.2, 0) is 0 Å². The lowest BCUT2D eigenvalue weighted by molar-refractivity contribution is -0.385. The molecular weight excluding hydrogens is 290 g/mol. The normalized spacial score (nSPS) is 10.0. The van der Waals surface area contributed by atoms with E-state index in [1.165, 1.54) is 12.1 Å². The zero-order valence-corrected chi connectivity index (χ0v) is 11.5. The number of hydrogen-bond donors (Lipinski definition) is 1. The number of hydrogen-bond acceptors (Lipinski definition) is 6. The van der Waals surface area contributed by atoms with Gasteiger partial charge < -0.3 is 9.84 Å². The predicted molar refractivity (Wildman–Crippen MR) is 76.2 cm³/mol. The van der Waals surface area contributed by atoms with Gasteiger partial charge in [0.15, 0.2) is 5.78 Å². The van der Waals surface area contributed by atoms with Crippen LogP contribution in [0.3, 0.4) is 0 Å². The molecule has 0 saturated heterocycles. The molecule has 2 aromatic carbocycles. The van der Waals surface area contributed by atoms with E-state index in [0.717, 1.165) is 19.1 Å². The number of Topliss-reactive ketones (excluding diaryl/α,β-unsaturated/α-hetero) is 1. The number of nitro groups is 1. The molecule has 0 bridgehead atoms. The first-order valence-corrected chi connectivity index (χ1v) is 6.19. The molecule has 22 heavy (non-hydrogen) atoms. The average Bonchev–Trinajstić information content (AvgIpc) is 2.47. The standard InChI is InChI=1S/C15H11NO6/c1-9(17)11-7-12(16(20)21)14(8-13(11)18)22-15(19)10-5-3-2-4-6-10/h2-8,18H,1H3. The van der Waals surface area contributed by atoms with Gasteiger partial charge in [-0.2, -0.15) is 0 Å². The molecule has 0 atom stereocenters. The Kier molecular flexibility index (Phi) is 4.17. The summed E-state index contributed by atoms with van der Waals surface area (Å²) in [5.74, 6) is -2.27. The van der Waals surface area contributed by atoms with Gasteiger partial charge in [-0.15, -0.1) is 0 Å². The van der Waals surface area contributed by atoms with E-state index in [1.807, 2.05) is 0 Å². The zero-order valence-electron chi connectivity index (χ0n) is 11.5. The highest BCUT2D eigenvalue weighted by molar-refractivity contribution is 5.98. The third-order valence-corrected chi connectivity index (χ3v) is 2.87. The zero-order chi connectivity index (χ0) is 16.3. The van der Waals surface area contributed by atoms with Crippen molar-refractivity contribution in [1.29, 1.82) is 0 Å². The van der Waals surface area contributed by atoms with E-state index in [0.29, 0.717) is 0 Å². The number of nitro benzene ring substituents is 1. The number of phenolic OH excluding ortho intramolecular Hbond substituents is 1. The number of nitrogens with zero attached hydrogens (tertiary/aromatic N) is 1. The third kappa shape index (κ3) is 3.09. The summed E-state index contributed by atoms with van der Waals surface area (Å²) in [4.78, 5) is 33.5. The fourth-order valence-corrected chi connectivity index (χ4v) is 1.80. The van der Waals surface area contributed by atoms with Crippen molar-refractivity contribution in [2.75, 3.05) is 0 Å². The molecule has 1 N–H and O–H groups in total. The van der Waals surface area contributed by atoms with E-state index in [9.17, 15) is 24.8 Å². The fourth-order valence-electron chi connectivity index (χ4n) is 1.80. The Labute approximate surface area is 124 Å². The molecule has 7 nitrogen and oxygen atoms in total. The molecule has 0 heterocycles. The number of ether oxygens (including phenoxy) is 1. The number of esters is 1. The Morgan fingerprint density at radius 3 is 2.36 bits per heavy atom. The lowest BCUT2D eigenvalue weighted by Crippen LogP contribution is -2.10. The highest BCUT2D eigenvalue weighted by atomic mass is 16.6. The van der Waals surface area contributed by atoms with Gasteiger partial charge >= 0.3 is 11.7 Å². The van der Waals surface area contributed by atoms with Crippen LogP contribution < -0.4 is 4.74 Å². The van der Waals surface area contributed by atoms with Crippen molar-refractivity contribution in [3.63, 3.8) is 0 Å². The maximum absolute atomic E-state index is 11.9. The van der Waals surface area contributed by atoms with Gasteiger partial charge in [0.2, 0.25) is 5.75 Å². The fraction of sp³-hybridized carbons (Fsp3) is 0.0667. The number of rotatable bonds is 4. The first kappa shape index (κ1) is 15.2. The Balaban J connectivity index is 2.42. The molecular formula is C15H11NO6. The van der Waals surface area contributed by atoms with Crippen LogP contribution in [0.15, 0.2) is 42.5 Å². The topological polar surface area (TPSA) is 107 Å². The summed E-state index contributed by atoms with van der Waals surface area (Å²) in [6.45, 7) is 1.16. The summed E-state index contributed by atoms with van der Waals surface area (Å²) in [7, 11) is 0. The van der Waals surface area contributed by atoms with E-state index >= 15 is 0 Å². The van der Waals surface area contributed by atoms with Gasteiger partial charge in [-0.3, -0.25) is 14.9 Å². The van der Waals surface area contributed by atoms with Crippen molar-refractivity contribution in [3.05, 3.63) is 63.7 Å². The largest absolute Gasteiger partial charge is 0.507 e. The van der Waals surface area contributed by atoms with Crippen LogP contribution in [-0.4, -0.2) is 21.8 Å². The minimum atomic E-state index is -0.807. The molecule has 0 unspecified atom stereocenters. The summed E-state index contributed by atoms with van der Waals surface area (Å²) >= 11 is 0. The maximum atomic E-state index is 11.9. The van der Waals surface area contributed by atoms with Gasteiger partial charge in [-0.25, -0.2) is 4.79 Å². The Hall–Kier alpha value is -3.22. The first-order valence-electron chi connectivity index (χ1n) is 6.19. The van der Waals surface area contributed by atoms with Gasteiger partial charge in [0, 0.05) is 12.1 Å². The molecule has 0 radical (unpaired) electrons. The second kappa shape index (κ2) is 6.04. The monoisotopic (exact) mass is 301 g/mol. The third-order valence-electron chi connectivity index (χ3n) is 2.87. The second-order valence-electron chi connectivity index (χ2n) is 4.41. The molecule has 112 valence electrons. The van der Waals surface area contributed by atoms with E-state index in [1.54, 1.807) is 18.2 Å². The van der Waals surface area contributed by atoms with E-state index < -0.39 is 33.9 Å². The number of benzene rings is 2. The Bertz CT molecular complexity index is 754. The van der Waals surface area contributed by atoms with E-state index in [4.69, 9.17) is 4.74 Å². The van der Waals surface area contributed by atoms with Crippen molar-refractivity contribution in [3.8, 4) is 11.5 Å². The Morgan fingerprint density at radius 2 is 1.82 bits per heavy atom. The molecule has 7 heteroatoms. The van der Waals surface area contributed by atoms with Gasteiger partial charge in [0.05, 0.1) is 16.1 Å². The van der Waals surface area contributed by atoms with Crippen LogP contribution in [0.25, 0.3) is 0 Å². The molecule has 0 fully saturated rings. The molecule has 0 saturated carbocycles. The van der Waals surface area contributed by atoms with Gasteiger partial charge in [-0.1, -0.05) is 18.2 Å².